The van der Waals surface area contributed by atoms with Crippen molar-refractivity contribution in [1.82, 2.24) is 9.80 Å². The molecular formula is C14H24N2O3. The van der Waals surface area contributed by atoms with Gasteiger partial charge < -0.3 is 14.9 Å². The topological polar surface area (TPSA) is 60.9 Å². The Morgan fingerprint density at radius 3 is 2.58 bits per heavy atom. The Kier molecular flexibility index (Phi) is 5.19. The molecule has 1 heterocycles. The molecule has 1 aliphatic carbocycles. The second-order valence-corrected chi connectivity index (χ2v) is 5.52. The summed E-state index contributed by atoms with van der Waals surface area (Å²) in [5, 5.41) is 9.15. The van der Waals surface area contributed by atoms with Gasteiger partial charge in [0.25, 0.3) is 0 Å². The molecule has 2 aliphatic rings. The zero-order valence-corrected chi connectivity index (χ0v) is 11.5. The number of aliphatic hydroxyl groups excluding tert-OH is 1. The van der Waals surface area contributed by atoms with Gasteiger partial charge in [-0.15, -0.1) is 0 Å². The Morgan fingerprint density at radius 1 is 1.26 bits per heavy atom. The summed E-state index contributed by atoms with van der Waals surface area (Å²) in [5.41, 5.74) is 0. The lowest BCUT2D eigenvalue weighted by atomic mass is 9.94. The van der Waals surface area contributed by atoms with Crippen LogP contribution in [0.3, 0.4) is 0 Å². The van der Waals surface area contributed by atoms with Crippen LogP contribution < -0.4 is 0 Å². The summed E-state index contributed by atoms with van der Waals surface area (Å²) >= 11 is 0. The monoisotopic (exact) mass is 268 g/mol. The third-order valence-corrected chi connectivity index (χ3v) is 4.17. The zero-order chi connectivity index (χ0) is 13.7. The SMILES string of the molecule is O=C1CCCN1CC(=O)N(CCO)C1CCCCC1. The summed E-state index contributed by atoms with van der Waals surface area (Å²) in [6, 6.07) is 0.256. The second kappa shape index (κ2) is 6.89. The van der Waals surface area contributed by atoms with Gasteiger partial charge in [0.1, 0.15) is 0 Å². The first-order chi connectivity index (χ1) is 9.22. The van der Waals surface area contributed by atoms with Crippen molar-refractivity contribution in [2.24, 2.45) is 0 Å². The van der Waals surface area contributed by atoms with Crippen molar-refractivity contribution in [1.29, 1.82) is 0 Å². The van der Waals surface area contributed by atoms with Gasteiger partial charge in [-0.2, -0.15) is 0 Å². The Labute approximate surface area is 114 Å². The van der Waals surface area contributed by atoms with Gasteiger partial charge >= 0.3 is 0 Å². The molecule has 0 spiro atoms. The molecule has 19 heavy (non-hydrogen) atoms. The Morgan fingerprint density at radius 2 is 2.00 bits per heavy atom. The van der Waals surface area contributed by atoms with E-state index in [2.05, 4.69) is 0 Å². The average molecular weight is 268 g/mol. The minimum Gasteiger partial charge on any atom is -0.395 e. The highest BCUT2D eigenvalue weighted by Gasteiger charge is 2.29. The molecule has 0 unspecified atom stereocenters. The summed E-state index contributed by atoms with van der Waals surface area (Å²) in [5.74, 6) is 0.0807. The predicted molar refractivity (Wildman–Crippen MR) is 71.5 cm³/mol. The molecule has 5 heteroatoms. The first-order valence-electron chi connectivity index (χ1n) is 7.40. The third kappa shape index (κ3) is 3.69. The summed E-state index contributed by atoms with van der Waals surface area (Å²) in [6.45, 7) is 1.28. The van der Waals surface area contributed by atoms with E-state index in [9.17, 15) is 9.59 Å². The summed E-state index contributed by atoms with van der Waals surface area (Å²) in [7, 11) is 0. The van der Waals surface area contributed by atoms with Crippen LogP contribution in [0.4, 0.5) is 0 Å². The fourth-order valence-corrected chi connectivity index (χ4v) is 3.14. The van der Waals surface area contributed by atoms with Crippen LogP contribution in [0, 0.1) is 0 Å². The molecule has 0 radical (unpaired) electrons. The summed E-state index contributed by atoms with van der Waals surface area (Å²) in [4.78, 5) is 27.4. The van der Waals surface area contributed by atoms with Crippen LogP contribution in [0.1, 0.15) is 44.9 Å². The van der Waals surface area contributed by atoms with Crippen molar-refractivity contribution in [2.75, 3.05) is 26.2 Å². The number of likely N-dealkylation sites (tertiary alicyclic amines) is 1. The summed E-state index contributed by atoms with van der Waals surface area (Å²) in [6.07, 6.45) is 7.03. The van der Waals surface area contributed by atoms with E-state index in [4.69, 9.17) is 5.11 Å². The second-order valence-electron chi connectivity index (χ2n) is 5.52. The molecule has 0 aromatic carbocycles. The molecule has 2 fully saturated rings. The first kappa shape index (κ1) is 14.3. The number of rotatable bonds is 5. The normalized spacial score (nSPS) is 20.9. The molecule has 2 amide bonds. The number of carbonyl (C=O) groups excluding carboxylic acids is 2. The van der Waals surface area contributed by atoms with E-state index in [-0.39, 0.29) is 31.0 Å². The van der Waals surface area contributed by atoms with Crippen molar-refractivity contribution in [3.05, 3.63) is 0 Å². The molecule has 1 saturated heterocycles. The van der Waals surface area contributed by atoms with E-state index < -0.39 is 0 Å². The number of nitrogens with zero attached hydrogens (tertiary/aromatic N) is 2. The van der Waals surface area contributed by atoms with E-state index in [1.165, 1.54) is 6.42 Å². The minimum absolute atomic E-state index is 0.00352. The van der Waals surface area contributed by atoms with E-state index in [0.717, 1.165) is 32.1 Å². The highest BCUT2D eigenvalue weighted by molar-refractivity contribution is 5.86. The zero-order valence-electron chi connectivity index (χ0n) is 11.5. The van der Waals surface area contributed by atoms with Crippen LogP contribution in [0.15, 0.2) is 0 Å². The largest absolute Gasteiger partial charge is 0.395 e. The van der Waals surface area contributed by atoms with Gasteiger partial charge in [0.05, 0.1) is 13.2 Å². The van der Waals surface area contributed by atoms with Gasteiger partial charge in [-0.3, -0.25) is 9.59 Å². The van der Waals surface area contributed by atoms with Gasteiger partial charge in [0.2, 0.25) is 11.8 Å². The van der Waals surface area contributed by atoms with Crippen molar-refractivity contribution in [3.8, 4) is 0 Å². The maximum absolute atomic E-state index is 12.4. The quantitative estimate of drug-likeness (QED) is 0.801. The Balaban J connectivity index is 1.93. The Bertz CT molecular complexity index is 327. The molecule has 0 aromatic heterocycles. The maximum Gasteiger partial charge on any atom is 0.242 e. The van der Waals surface area contributed by atoms with Crippen LogP contribution in [0.25, 0.3) is 0 Å². The fraction of sp³-hybridized carbons (Fsp3) is 0.857. The van der Waals surface area contributed by atoms with E-state index in [0.29, 0.717) is 19.5 Å². The highest BCUT2D eigenvalue weighted by Crippen LogP contribution is 2.23. The fourth-order valence-electron chi connectivity index (χ4n) is 3.14. The first-order valence-corrected chi connectivity index (χ1v) is 7.40. The van der Waals surface area contributed by atoms with Crippen LogP contribution in [-0.4, -0.2) is 59.0 Å². The lowest BCUT2D eigenvalue weighted by molar-refractivity contribution is -0.140. The smallest absolute Gasteiger partial charge is 0.242 e. The molecule has 5 nitrogen and oxygen atoms in total. The maximum atomic E-state index is 12.4. The molecule has 0 atom stereocenters. The van der Waals surface area contributed by atoms with Crippen molar-refractivity contribution < 1.29 is 14.7 Å². The van der Waals surface area contributed by atoms with Crippen molar-refractivity contribution in [2.45, 2.75) is 51.0 Å². The van der Waals surface area contributed by atoms with Gasteiger partial charge in [-0.05, 0) is 19.3 Å². The molecule has 1 saturated carbocycles. The molecule has 1 aliphatic heterocycles. The molecule has 108 valence electrons. The molecule has 1 N–H and O–H groups in total. The van der Waals surface area contributed by atoms with Gasteiger partial charge in [0.15, 0.2) is 0 Å². The number of amides is 2. The number of hydrogen-bond acceptors (Lipinski definition) is 3. The van der Waals surface area contributed by atoms with Crippen LogP contribution in [-0.2, 0) is 9.59 Å². The van der Waals surface area contributed by atoms with Gasteiger partial charge in [0, 0.05) is 25.6 Å². The Hall–Kier alpha value is -1.10. The average Bonchev–Trinajstić information content (AvgIpc) is 2.82. The van der Waals surface area contributed by atoms with Crippen molar-refractivity contribution in [3.63, 3.8) is 0 Å². The van der Waals surface area contributed by atoms with E-state index in [1.54, 1.807) is 9.80 Å². The number of aliphatic hydroxyl groups is 1. The summed E-state index contributed by atoms with van der Waals surface area (Å²) < 4.78 is 0. The molecule has 0 aromatic rings. The molecule has 2 rings (SSSR count). The lowest BCUT2D eigenvalue weighted by Gasteiger charge is -2.35. The van der Waals surface area contributed by atoms with Crippen LogP contribution >= 0.6 is 0 Å². The number of carbonyl (C=O) groups is 2. The molecular weight excluding hydrogens is 244 g/mol. The van der Waals surface area contributed by atoms with Crippen LogP contribution in [0.5, 0.6) is 0 Å². The van der Waals surface area contributed by atoms with E-state index >= 15 is 0 Å². The standard InChI is InChI=1S/C14H24N2O3/c17-10-9-16(12-5-2-1-3-6-12)14(19)11-15-8-4-7-13(15)18/h12,17H,1-11H2. The third-order valence-electron chi connectivity index (χ3n) is 4.17. The van der Waals surface area contributed by atoms with Gasteiger partial charge in [-0.1, -0.05) is 19.3 Å². The minimum atomic E-state index is -0.00378. The van der Waals surface area contributed by atoms with Gasteiger partial charge in [-0.25, -0.2) is 0 Å². The lowest BCUT2D eigenvalue weighted by Crippen LogP contribution is -2.47. The van der Waals surface area contributed by atoms with Crippen molar-refractivity contribution >= 4 is 11.8 Å². The van der Waals surface area contributed by atoms with Crippen LogP contribution in [0.2, 0.25) is 0 Å². The number of hydrogen-bond donors (Lipinski definition) is 1. The highest BCUT2D eigenvalue weighted by atomic mass is 16.3. The van der Waals surface area contributed by atoms with E-state index in [1.807, 2.05) is 0 Å². The molecule has 0 bridgehead atoms. The predicted octanol–water partition coefficient (Wildman–Crippen LogP) is 0.762.